The highest BCUT2D eigenvalue weighted by atomic mass is 17.2. The highest BCUT2D eigenvalue weighted by Gasteiger charge is 2.67. The van der Waals surface area contributed by atoms with Gasteiger partial charge in [0.05, 0.1) is 11.7 Å². The molecule has 0 heterocycles. The summed E-state index contributed by atoms with van der Waals surface area (Å²) < 4.78 is 6.38. The summed E-state index contributed by atoms with van der Waals surface area (Å²) in [6.07, 6.45) is 14.0. The van der Waals surface area contributed by atoms with Crippen molar-refractivity contribution in [1.29, 1.82) is 0 Å². The van der Waals surface area contributed by atoms with E-state index < -0.39 is 0 Å². The fourth-order valence-corrected chi connectivity index (χ4v) is 12.2. The topological polar surface area (TPSA) is 96.8 Å². The van der Waals surface area contributed by atoms with E-state index >= 15 is 0 Å². The molecule has 4 aliphatic rings. The van der Waals surface area contributed by atoms with Gasteiger partial charge >= 0.3 is 5.97 Å². The van der Waals surface area contributed by atoms with Crippen LogP contribution in [0.5, 0.6) is 0 Å². The number of fused-ring (bicyclic) bond motifs is 5. The van der Waals surface area contributed by atoms with Crippen LogP contribution in [0.25, 0.3) is 0 Å². The van der Waals surface area contributed by atoms with Crippen molar-refractivity contribution in [2.75, 3.05) is 11.5 Å². The number of carbonyl (C=O) groups is 1. The van der Waals surface area contributed by atoms with Gasteiger partial charge in [-0.3, -0.25) is 0 Å². The fourth-order valence-electron chi connectivity index (χ4n) is 12.2. The van der Waals surface area contributed by atoms with Crippen LogP contribution >= 0.6 is 0 Å². The zero-order valence-corrected chi connectivity index (χ0v) is 31.9. The maximum Gasteiger partial charge on any atom is 0.338 e. The largest absolute Gasteiger partial charge is 0.458 e. The molecule has 4 fully saturated rings. The molecule has 0 bridgehead atoms. The van der Waals surface area contributed by atoms with Gasteiger partial charge in [-0.05, 0) is 148 Å². The maximum atomic E-state index is 13.5. The van der Waals surface area contributed by atoms with Crippen molar-refractivity contribution in [2.45, 2.75) is 131 Å². The number of anilines is 2. The average Bonchev–Trinajstić information content (AvgIpc) is 3.41. The van der Waals surface area contributed by atoms with Crippen LogP contribution in [0.3, 0.4) is 0 Å². The molecule has 0 amide bonds. The van der Waals surface area contributed by atoms with Gasteiger partial charge in [0.1, 0.15) is 12.7 Å². The number of hydrogen-bond donors (Lipinski definition) is 2. The summed E-state index contributed by atoms with van der Waals surface area (Å²) in [4.78, 5) is 26.3. The summed E-state index contributed by atoms with van der Waals surface area (Å²) in [5.74, 6) is 3.31. The average molecular weight is 685 g/mol. The highest BCUT2D eigenvalue weighted by molar-refractivity contribution is 5.90. The van der Waals surface area contributed by atoms with Gasteiger partial charge in [0.15, 0.2) is 0 Å². The minimum absolute atomic E-state index is 0.0487. The van der Waals surface area contributed by atoms with Gasteiger partial charge in [-0.25, -0.2) is 14.6 Å². The van der Waals surface area contributed by atoms with E-state index in [0.717, 1.165) is 42.3 Å². The molecule has 4 aliphatic carbocycles. The predicted octanol–water partition coefficient (Wildman–Crippen LogP) is 10.6. The molecule has 0 radical (unpaired) electrons. The highest BCUT2D eigenvalue weighted by Crippen LogP contribution is 2.71. The van der Waals surface area contributed by atoms with Gasteiger partial charge in [-0.1, -0.05) is 70.9 Å². The van der Waals surface area contributed by atoms with Gasteiger partial charge < -0.3 is 16.2 Å². The Kier molecular flexibility index (Phi) is 10.8. The van der Waals surface area contributed by atoms with Crippen LogP contribution in [0.2, 0.25) is 0 Å². The van der Waals surface area contributed by atoms with Crippen molar-refractivity contribution in [2.24, 2.45) is 51.8 Å². The number of rotatable bonds is 11. The summed E-state index contributed by atoms with van der Waals surface area (Å²) in [5, 5.41) is 0. The Balaban J connectivity index is 1.25. The smallest absolute Gasteiger partial charge is 0.338 e. The lowest BCUT2D eigenvalue weighted by molar-refractivity contribution is -0.376. The lowest BCUT2D eigenvalue weighted by Gasteiger charge is -2.66. The quantitative estimate of drug-likeness (QED) is 0.0611. The zero-order chi connectivity index (χ0) is 35.8. The zero-order valence-electron chi connectivity index (χ0n) is 31.9. The summed E-state index contributed by atoms with van der Waals surface area (Å²) in [5.41, 5.74) is 16.4. The molecule has 2 aromatic rings. The monoisotopic (exact) mass is 684 g/mol. The van der Waals surface area contributed by atoms with E-state index in [1.165, 1.54) is 50.5 Å². The maximum absolute atomic E-state index is 13.5. The summed E-state index contributed by atoms with van der Waals surface area (Å²) in [6.45, 7) is 17.1. The van der Waals surface area contributed by atoms with E-state index in [2.05, 4.69) is 54.5 Å². The third-order valence-corrected chi connectivity index (χ3v) is 14.4. The minimum atomic E-state index is -0.322. The first-order chi connectivity index (χ1) is 23.7. The molecule has 0 spiro atoms. The minimum Gasteiger partial charge on any atom is -0.458 e. The van der Waals surface area contributed by atoms with Crippen LogP contribution in [0.15, 0.2) is 60.2 Å². The molecular formula is C44H64N2O4. The number of nitrogen functional groups attached to an aromatic ring is 2. The van der Waals surface area contributed by atoms with Gasteiger partial charge in [0, 0.05) is 22.7 Å². The second-order valence-electron chi connectivity index (χ2n) is 18.0. The molecule has 274 valence electrons. The molecular weight excluding hydrogens is 620 g/mol. The molecule has 10 atom stereocenters. The molecule has 4 N–H and O–H groups in total. The van der Waals surface area contributed by atoms with Crippen LogP contribution in [-0.4, -0.2) is 18.2 Å². The molecule has 6 heteroatoms. The van der Waals surface area contributed by atoms with E-state index in [-0.39, 0.29) is 34.9 Å². The molecule has 0 aliphatic heterocycles. The Morgan fingerprint density at radius 1 is 0.920 bits per heavy atom. The SMILES string of the molecule is CC(C)=CCCCC(C)C1CCC2C3CC(OOCc4cccc(N)c4)C4C(C)(C)C(OC(=O)c5cccc(N)c5)CCC4(C)C3CCC12C. The third kappa shape index (κ3) is 7.13. The second kappa shape index (κ2) is 14.7. The number of ether oxygens (including phenoxy) is 1. The second-order valence-corrected chi connectivity index (χ2v) is 18.0. The van der Waals surface area contributed by atoms with E-state index in [1.54, 1.807) is 18.2 Å². The van der Waals surface area contributed by atoms with Crippen LogP contribution in [0.1, 0.15) is 129 Å². The van der Waals surface area contributed by atoms with E-state index in [4.69, 9.17) is 26.0 Å². The summed E-state index contributed by atoms with van der Waals surface area (Å²) >= 11 is 0. The first kappa shape index (κ1) is 36.9. The van der Waals surface area contributed by atoms with Crippen molar-refractivity contribution in [1.82, 2.24) is 0 Å². The molecule has 0 saturated heterocycles. The normalized spacial score (nSPS) is 34.9. The van der Waals surface area contributed by atoms with Crippen LogP contribution in [0.4, 0.5) is 11.4 Å². The number of unbranched alkanes of at least 4 members (excludes halogenated alkanes) is 1. The molecule has 2 aromatic carbocycles. The van der Waals surface area contributed by atoms with Crippen molar-refractivity contribution >= 4 is 17.3 Å². The number of nitrogens with two attached hydrogens (primary N) is 2. The molecule has 4 saturated carbocycles. The van der Waals surface area contributed by atoms with Gasteiger partial charge in [-0.2, -0.15) is 0 Å². The van der Waals surface area contributed by atoms with Crippen molar-refractivity contribution in [3.8, 4) is 0 Å². The number of hydrogen-bond acceptors (Lipinski definition) is 6. The van der Waals surface area contributed by atoms with Crippen molar-refractivity contribution in [3.63, 3.8) is 0 Å². The molecule has 6 rings (SSSR count). The lowest BCUT2D eigenvalue weighted by Crippen LogP contribution is -2.64. The first-order valence-electron chi connectivity index (χ1n) is 19.6. The van der Waals surface area contributed by atoms with E-state index in [0.29, 0.717) is 41.0 Å². The van der Waals surface area contributed by atoms with Crippen LogP contribution < -0.4 is 11.5 Å². The van der Waals surface area contributed by atoms with Gasteiger partial charge in [-0.15, -0.1) is 0 Å². The lowest BCUT2D eigenvalue weighted by atomic mass is 9.40. The van der Waals surface area contributed by atoms with Crippen molar-refractivity contribution < 1.29 is 19.3 Å². The number of esters is 1. The Bertz CT molecular complexity index is 1530. The number of allylic oxidation sites excluding steroid dienone is 2. The molecule has 6 nitrogen and oxygen atoms in total. The Morgan fingerprint density at radius 2 is 1.62 bits per heavy atom. The Morgan fingerprint density at radius 3 is 2.34 bits per heavy atom. The number of carbonyl (C=O) groups excluding carboxylic acids is 1. The Labute approximate surface area is 302 Å². The molecule has 0 aromatic heterocycles. The van der Waals surface area contributed by atoms with Gasteiger partial charge in [0.2, 0.25) is 0 Å². The summed E-state index contributed by atoms with van der Waals surface area (Å²) in [6, 6.07) is 14.9. The summed E-state index contributed by atoms with van der Waals surface area (Å²) in [7, 11) is 0. The van der Waals surface area contributed by atoms with Gasteiger partial charge in [0.25, 0.3) is 0 Å². The van der Waals surface area contributed by atoms with Crippen LogP contribution in [-0.2, 0) is 21.1 Å². The Hall–Kier alpha value is -2.83. The van der Waals surface area contributed by atoms with E-state index in [1.807, 2.05) is 30.3 Å². The number of benzene rings is 2. The standard InChI is InChI=1S/C44H64N2O4/c1-28(2)12-8-9-13-29(3)35-18-19-36-34-26-38(50-48-27-30-14-10-16-32(45)24-30)40-42(4,5)39(49-41(47)31-15-11-17-33(46)25-31)21-23-44(40,7)37(34)20-22-43(35,36)6/h10-12,14-17,24-25,29,34-40H,8-9,13,18-23,26-27,45-46H2,1-7H3. The van der Waals surface area contributed by atoms with Crippen LogP contribution in [0, 0.1) is 51.8 Å². The molecule has 50 heavy (non-hydrogen) atoms. The third-order valence-electron chi connectivity index (χ3n) is 14.4. The first-order valence-corrected chi connectivity index (χ1v) is 19.6. The fraction of sp³-hybridized carbons (Fsp3) is 0.659. The molecule has 10 unspecified atom stereocenters. The van der Waals surface area contributed by atoms with Crippen molar-refractivity contribution in [3.05, 3.63) is 71.3 Å². The predicted molar refractivity (Wildman–Crippen MR) is 203 cm³/mol. The van der Waals surface area contributed by atoms with E-state index in [9.17, 15) is 4.79 Å².